The van der Waals surface area contributed by atoms with Gasteiger partial charge in [0.1, 0.15) is 17.8 Å². The van der Waals surface area contributed by atoms with Gasteiger partial charge in [0.2, 0.25) is 10.0 Å². The van der Waals surface area contributed by atoms with Crippen molar-refractivity contribution in [3.05, 3.63) is 18.6 Å². The van der Waals surface area contributed by atoms with E-state index in [1.165, 1.54) is 4.31 Å². The van der Waals surface area contributed by atoms with Crippen LogP contribution in [0.5, 0.6) is 0 Å². The Labute approximate surface area is 160 Å². The summed E-state index contributed by atoms with van der Waals surface area (Å²) in [6.07, 6.45) is 6.04. The van der Waals surface area contributed by atoms with Crippen LogP contribution in [0.3, 0.4) is 0 Å². The van der Waals surface area contributed by atoms with Crippen LogP contribution >= 0.6 is 0 Å². The minimum absolute atomic E-state index is 0.184. The molecule has 1 saturated carbocycles. The minimum Gasteiger partial charge on any atom is -0.374 e. The average molecular weight is 394 g/mol. The van der Waals surface area contributed by atoms with Crippen LogP contribution < -0.4 is 4.90 Å². The highest BCUT2D eigenvalue weighted by molar-refractivity contribution is 7.89. The SMILES string of the molecule is CN(c1ncnc2[nH]ccc12)C1CC(CS(=O)(=O)N(C)CC2(C)CCO2)C1. The van der Waals surface area contributed by atoms with E-state index in [9.17, 15) is 8.42 Å². The summed E-state index contributed by atoms with van der Waals surface area (Å²) in [5, 5.41) is 0.990. The number of hydrogen-bond donors (Lipinski definition) is 1. The Kier molecular flexibility index (Phi) is 4.64. The minimum atomic E-state index is -3.27. The van der Waals surface area contributed by atoms with Gasteiger partial charge in [0.15, 0.2) is 0 Å². The van der Waals surface area contributed by atoms with Gasteiger partial charge in [-0.25, -0.2) is 22.7 Å². The van der Waals surface area contributed by atoms with Crippen LogP contribution in [-0.2, 0) is 14.8 Å². The van der Waals surface area contributed by atoms with Gasteiger partial charge in [0.05, 0.1) is 23.3 Å². The molecule has 27 heavy (non-hydrogen) atoms. The van der Waals surface area contributed by atoms with Crippen molar-refractivity contribution in [2.45, 2.75) is 37.8 Å². The first-order chi connectivity index (χ1) is 12.8. The number of fused-ring (bicyclic) bond motifs is 1. The molecule has 1 N–H and O–H groups in total. The number of H-pyrrole nitrogens is 1. The molecule has 3 heterocycles. The average Bonchev–Trinajstić information content (AvgIpc) is 3.04. The standard InChI is InChI=1S/C18H27N5O3S/c1-18(5-7-26-18)11-22(2)27(24,25)10-13-8-14(9-13)23(3)17-15-4-6-19-16(15)20-12-21-17/h4,6,12-14H,5,7-11H2,1-3H3,(H,19,20,21). The number of aromatic nitrogens is 3. The van der Waals surface area contributed by atoms with E-state index in [4.69, 9.17) is 4.74 Å². The van der Waals surface area contributed by atoms with Crippen LogP contribution in [0.25, 0.3) is 11.0 Å². The van der Waals surface area contributed by atoms with Gasteiger partial charge in [-0.05, 0) is 31.7 Å². The van der Waals surface area contributed by atoms with Crippen LogP contribution in [0.4, 0.5) is 5.82 Å². The molecule has 0 aromatic carbocycles. The Morgan fingerprint density at radius 1 is 1.33 bits per heavy atom. The molecule has 2 aromatic heterocycles. The lowest BCUT2D eigenvalue weighted by Gasteiger charge is -2.43. The maximum Gasteiger partial charge on any atom is 0.214 e. The fraction of sp³-hybridized carbons (Fsp3) is 0.667. The number of aromatic amines is 1. The summed E-state index contributed by atoms with van der Waals surface area (Å²) in [5.41, 5.74) is 0.498. The van der Waals surface area contributed by atoms with Crippen LogP contribution in [-0.4, -0.2) is 72.3 Å². The van der Waals surface area contributed by atoms with Gasteiger partial charge in [0.25, 0.3) is 0 Å². The molecule has 9 heteroatoms. The van der Waals surface area contributed by atoms with E-state index in [2.05, 4.69) is 19.9 Å². The lowest BCUT2D eigenvalue weighted by atomic mass is 9.81. The van der Waals surface area contributed by atoms with E-state index >= 15 is 0 Å². The summed E-state index contributed by atoms with van der Waals surface area (Å²) in [6.45, 7) is 3.12. The molecule has 1 aliphatic carbocycles. The van der Waals surface area contributed by atoms with E-state index in [1.54, 1.807) is 13.4 Å². The Morgan fingerprint density at radius 2 is 2.07 bits per heavy atom. The highest BCUT2D eigenvalue weighted by Crippen LogP contribution is 2.36. The van der Waals surface area contributed by atoms with Crippen LogP contribution in [0.15, 0.2) is 18.6 Å². The van der Waals surface area contributed by atoms with Gasteiger partial charge in [-0.15, -0.1) is 0 Å². The van der Waals surface area contributed by atoms with Crippen molar-refractivity contribution >= 4 is 26.9 Å². The quantitative estimate of drug-likeness (QED) is 0.768. The molecule has 1 saturated heterocycles. The first-order valence-corrected chi connectivity index (χ1v) is 11.0. The zero-order valence-electron chi connectivity index (χ0n) is 16.1. The van der Waals surface area contributed by atoms with Gasteiger partial charge in [0, 0.05) is 39.3 Å². The number of anilines is 1. The molecule has 0 spiro atoms. The van der Waals surface area contributed by atoms with Gasteiger partial charge in [-0.2, -0.15) is 0 Å². The van der Waals surface area contributed by atoms with Crippen molar-refractivity contribution in [3.63, 3.8) is 0 Å². The number of nitrogens with zero attached hydrogens (tertiary/aromatic N) is 4. The topological polar surface area (TPSA) is 91.4 Å². The second kappa shape index (κ2) is 6.72. The number of hydrogen-bond acceptors (Lipinski definition) is 6. The fourth-order valence-corrected chi connectivity index (χ4v) is 5.63. The Morgan fingerprint density at radius 3 is 2.74 bits per heavy atom. The number of ether oxygens (including phenoxy) is 1. The number of rotatable bonds is 7. The summed E-state index contributed by atoms with van der Waals surface area (Å²) in [5.74, 6) is 1.27. The third-order valence-electron chi connectivity index (χ3n) is 5.99. The molecular weight excluding hydrogens is 366 g/mol. The number of likely N-dealkylation sites (N-methyl/N-ethyl adjacent to an activating group) is 1. The normalized spacial score (nSPS) is 28.1. The van der Waals surface area contributed by atoms with Crippen LogP contribution in [0, 0.1) is 5.92 Å². The molecule has 1 unspecified atom stereocenters. The maximum absolute atomic E-state index is 12.7. The molecule has 2 aromatic rings. The largest absolute Gasteiger partial charge is 0.374 e. The van der Waals surface area contributed by atoms with Gasteiger partial charge < -0.3 is 14.6 Å². The number of nitrogens with one attached hydrogen (secondary N) is 1. The molecule has 2 fully saturated rings. The molecule has 0 amide bonds. The summed E-state index contributed by atoms with van der Waals surface area (Å²) < 4.78 is 32.3. The molecule has 1 atom stereocenters. The second-order valence-corrected chi connectivity index (χ2v) is 10.2. The molecule has 148 valence electrons. The predicted molar refractivity (Wildman–Crippen MR) is 104 cm³/mol. The first-order valence-electron chi connectivity index (χ1n) is 9.36. The van der Waals surface area contributed by atoms with E-state index in [-0.39, 0.29) is 17.3 Å². The number of sulfonamides is 1. The van der Waals surface area contributed by atoms with Crippen molar-refractivity contribution in [1.82, 2.24) is 19.3 Å². The van der Waals surface area contributed by atoms with Crippen molar-refractivity contribution in [2.24, 2.45) is 5.92 Å². The molecule has 1 aliphatic heterocycles. The van der Waals surface area contributed by atoms with Crippen LogP contribution in [0.1, 0.15) is 26.2 Å². The van der Waals surface area contributed by atoms with E-state index in [0.29, 0.717) is 12.6 Å². The second-order valence-electron chi connectivity index (χ2n) is 8.12. The zero-order chi connectivity index (χ0) is 19.2. The Hall–Kier alpha value is -1.71. The Bertz CT molecular complexity index is 918. The monoisotopic (exact) mass is 393 g/mol. The fourth-order valence-electron chi connectivity index (χ4n) is 4.04. The lowest BCUT2D eigenvalue weighted by Crippen LogP contribution is -2.52. The molecule has 0 bridgehead atoms. The van der Waals surface area contributed by atoms with Crippen LogP contribution in [0.2, 0.25) is 0 Å². The molecule has 0 radical (unpaired) electrons. The van der Waals surface area contributed by atoms with Crippen molar-refractivity contribution in [1.29, 1.82) is 0 Å². The first kappa shape index (κ1) is 18.6. The summed E-state index contributed by atoms with van der Waals surface area (Å²) >= 11 is 0. The third kappa shape index (κ3) is 3.55. The molecule has 2 aliphatic rings. The predicted octanol–water partition coefficient (Wildman–Crippen LogP) is 1.61. The van der Waals surface area contributed by atoms with E-state index < -0.39 is 10.0 Å². The van der Waals surface area contributed by atoms with Crippen molar-refractivity contribution in [2.75, 3.05) is 37.9 Å². The molecular formula is C18H27N5O3S. The third-order valence-corrected chi connectivity index (χ3v) is 7.96. The van der Waals surface area contributed by atoms with Gasteiger partial charge in [-0.1, -0.05) is 0 Å². The van der Waals surface area contributed by atoms with E-state index in [0.717, 1.165) is 42.7 Å². The van der Waals surface area contributed by atoms with Crippen molar-refractivity contribution < 1.29 is 13.2 Å². The van der Waals surface area contributed by atoms with E-state index in [1.807, 2.05) is 26.2 Å². The Balaban J connectivity index is 1.34. The molecule has 8 nitrogen and oxygen atoms in total. The summed E-state index contributed by atoms with van der Waals surface area (Å²) in [6, 6.07) is 2.27. The summed E-state index contributed by atoms with van der Waals surface area (Å²) in [7, 11) is 0.415. The molecule has 4 rings (SSSR count). The maximum atomic E-state index is 12.7. The highest BCUT2D eigenvalue weighted by atomic mass is 32.2. The van der Waals surface area contributed by atoms with Gasteiger partial charge >= 0.3 is 0 Å². The highest BCUT2D eigenvalue weighted by Gasteiger charge is 2.40. The summed E-state index contributed by atoms with van der Waals surface area (Å²) in [4.78, 5) is 13.9. The van der Waals surface area contributed by atoms with Crippen molar-refractivity contribution in [3.8, 4) is 0 Å². The van der Waals surface area contributed by atoms with Gasteiger partial charge in [-0.3, -0.25) is 0 Å². The zero-order valence-corrected chi connectivity index (χ0v) is 16.9. The smallest absolute Gasteiger partial charge is 0.214 e. The lowest BCUT2D eigenvalue weighted by molar-refractivity contribution is -0.138.